The number of ether oxygens (including phenoxy) is 1. The van der Waals surface area contributed by atoms with E-state index in [1.807, 2.05) is 91.9 Å². The van der Waals surface area contributed by atoms with Crippen LogP contribution >= 0.6 is 0 Å². The number of benzene rings is 4. The van der Waals surface area contributed by atoms with Gasteiger partial charge in [0, 0.05) is 30.8 Å². The van der Waals surface area contributed by atoms with Gasteiger partial charge in [0.25, 0.3) is 5.91 Å². The fourth-order valence-corrected chi connectivity index (χ4v) is 4.38. The molecule has 206 valence electrons. The van der Waals surface area contributed by atoms with Crippen LogP contribution in [0.15, 0.2) is 97.1 Å². The molecule has 0 bridgehead atoms. The maximum atomic E-state index is 13.2. The van der Waals surface area contributed by atoms with Gasteiger partial charge in [0.1, 0.15) is 11.8 Å². The number of aryl methyl sites for hydroxylation is 1. The van der Waals surface area contributed by atoms with Crippen LogP contribution in [0.5, 0.6) is 5.75 Å². The van der Waals surface area contributed by atoms with Crippen LogP contribution in [0.2, 0.25) is 0 Å². The van der Waals surface area contributed by atoms with E-state index in [0.29, 0.717) is 25.1 Å². The number of anilines is 1. The van der Waals surface area contributed by atoms with E-state index in [4.69, 9.17) is 4.74 Å². The first-order valence-electron chi connectivity index (χ1n) is 13.3. The van der Waals surface area contributed by atoms with Gasteiger partial charge in [-0.2, -0.15) is 0 Å². The standard InChI is InChI=1S/C33H35N3O4/c1-23-5-3-8-28(19-23)32(38)36-31(33(39)35-18-17-34-29-13-15-30(40-2)16-14-29)21-24-9-11-26(12-10-24)27-7-4-6-25(20-27)22-37/h3-16,19-20,31,34,37H,17-18,21-22H2,1-2H3,(H,35,39)(H,36,38)/t31-/m0/s1. The quantitative estimate of drug-likeness (QED) is 0.196. The predicted octanol–water partition coefficient (Wildman–Crippen LogP) is 4.73. The molecule has 40 heavy (non-hydrogen) atoms. The Morgan fingerprint density at radius 3 is 2.27 bits per heavy atom. The molecule has 0 unspecified atom stereocenters. The molecule has 0 saturated carbocycles. The molecule has 0 aromatic heterocycles. The number of methoxy groups -OCH3 is 1. The number of carbonyl (C=O) groups excluding carboxylic acids is 2. The number of aliphatic hydroxyl groups excluding tert-OH is 1. The van der Waals surface area contributed by atoms with E-state index in [0.717, 1.165) is 39.3 Å². The highest BCUT2D eigenvalue weighted by atomic mass is 16.5. The number of hydrogen-bond acceptors (Lipinski definition) is 5. The van der Waals surface area contributed by atoms with Crippen LogP contribution in [0, 0.1) is 6.92 Å². The lowest BCUT2D eigenvalue weighted by Crippen LogP contribution is -2.48. The molecule has 0 fully saturated rings. The number of rotatable bonds is 12. The Labute approximate surface area is 235 Å². The smallest absolute Gasteiger partial charge is 0.251 e. The van der Waals surface area contributed by atoms with Gasteiger partial charge < -0.3 is 25.8 Å². The summed E-state index contributed by atoms with van der Waals surface area (Å²) in [5.41, 5.74) is 6.18. The van der Waals surface area contributed by atoms with Crippen molar-refractivity contribution in [1.82, 2.24) is 10.6 Å². The van der Waals surface area contributed by atoms with Gasteiger partial charge in [-0.15, -0.1) is 0 Å². The predicted molar refractivity (Wildman–Crippen MR) is 158 cm³/mol. The van der Waals surface area contributed by atoms with Gasteiger partial charge in [0.2, 0.25) is 5.91 Å². The third kappa shape index (κ3) is 7.94. The van der Waals surface area contributed by atoms with E-state index in [9.17, 15) is 14.7 Å². The zero-order valence-electron chi connectivity index (χ0n) is 22.8. The van der Waals surface area contributed by atoms with Gasteiger partial charge >= 0.3 is 0 Å². The largest absolute Gasteiger partial charge is 0.497 e. The van der Waals surface area contributed by atoms with Crippen molar-refractivity contribution in [3.63, 3.8) is 0 Å². The van der Waals surface area contributed by atoms with Gasteiger partial charge in [0.05, 0.1) is 13.7 Å². The molecule has 7 nitrogen and oxygen atoms in total. The summed E-state index contributed by atoms with van der Waals surface area (Å²) in [7, 11) is 1.62. The Morgan fingerprint density at radius 1 is 0.825 bits per heavy atom. The zero-order chi connectivity index (χ0) is 28.3. The molecule has 1 atom stereocenters. The lowest BCUT2D eigenvalue weighted by atomic mass is 9.99. The van der Waals surface area contributed by atoms with Crippen molar-refractivity contribution >= 4 is 17.5 Å². The van der Waals surface area contributed by atoms with Crippen LogP contribution in [0.1, 0.15) is 27.0 Å². The molecule has 0 saturated heterocycles. The summed E-state index contributed by atoms with van der Waals surface area (Å²) in [5, 5.41) is 18.6. The monoisotopic (exact) mass is 537 g/mol. The summed E-state index contributed by atoms with van der Waals surface area (Å²) in [6, 6.07) is 29.7. The van der Waals surface area contributed by atoms with E-state index >= 15 is 0 Å². The van der Waals surface area contributed by atoms with Crippen LogP contribution < -0.4 is 20.7 Å². The van der Waals surface area contributed by atoms with Crippen LogP contribution in [0.25, 0.3) is 11.1 Å². The SMILES string of the molecule is COc1ccc(NCCNC(=O)[C@H](Cc2ccc(-c3cccc(CO)c3)cc2)NC(=O)c2cccc(C)c2)cc1. The minimum absolute atomic E-state index is 0.0149. The number of aliphatic hydroxyl groups is 1. The summed E-state index contributed by atoms with van der Waals surface area (Å²) in [6.45, 7) is 2.83. The van der Waals surface area contributed by atoms with Crippen molar-refractivity contribution in [2.45, 2.75) is 26.0 Å². The molecule has 4 aromatic carbocycles. The van der Waals surface area contributed by atoms with Gasteiger partial charge in [0.15, 0.2) is 0 Å². The summed E-state index contributed by atoms with van der Waals surface area (Å²) in [6.07, 6.45) is 0.340. The number of amides is 2. The third-order valence-electron chi connectivity index (χ3n) is 6.58. The molecule has 2 amide bonds. The van der Waals surface area contributed by atoms with E-state index in [1.54, 1.807) is 19.2 Å². The van der Waals surface area contributed by atoms with Gasteiger partial charge in [-0.05, 0) is 71.6 Å². The molecular weight excluding hydrogens is 502 g/mol. The summed E-state index contributed by atoms with van der Waals surface area (Å²) in [5.74, 6) is 0.229. The fraction of sp³-hybridized carbons (Fsp3) is 0.212. The van der Waals surface area contributed by atoms with Crippen molar-refractivity contribution in [3.8, 4) is 16.9 Å². The lowest BCUT2D eigenvalue weighted by molar-refractivity contribution is -0.122. The Kier molecular flexibility index (Phi) is 9.91. The lowest BCUT2D eigenvalue weighted by Gasteiger charge is -2.19. The third-order valence-corrected chi connectivity index (χ3v) is 6.58. The van der Waals surface area contributed by atoms with Crippen LogP contribution in [0.4, 0.5) is 5.69 Å². The topological polar surface area (TPSA) is 99.7 Å². The van der Waals surface area contributed by atoms with Crippen LogP contribution in [-0.2, 0) is 17.8 Å². The molecular formula is C33H35N3O4. The first-order chi connectivity index (χ1) is 19.4. The van der Waals surface area contributed by atoms with Gasteiger partial charge in [-0.1, -0.05) is 60.2 Å². The molecule has 4 aromatic rings. The highest BCUT2D eigenvalue weighted by Gasteiger charge is 2.22. The maximum absolute atomic E-state index is 13.2. The average Bonchev–Trinajstić information content (AvgIpc) is 2.99. The Bertz CT molecular complexity index is 1420. The number of hydrogen-bond donors (Lipinski definition) is 4. The highest BCUT2D eigenvalue weighted by Crippen LogP contribution is 2.22. The van der Waals surface area contributed by atoms with E-state index in [1.165, 1.54) is 0 Å². The maximum Gasteiger partial charge on any atom is 0.251 e. The summed E-state index contributed by atoms with van der Waals surface area (Å²) >= 11 is 0. The molecule has 0 heterocycles. The minimum Gasteiger partial charge on any atom is -0.497 e. The van der Waals surface area contributed by atoms with E-state index in [-0.39, 0.29) is 18.4 Å². The Balaban J connectivity index is 1.42. The highest BCUT2D eigenvalue weighted by molar-refractivity contribution is 5.97. The second kappa shape index (κ2) is 14.0. The molecule has 4 rings (SSSR count). The van der Waals surface area contributed by atoms with Crippen molar-refractivity contribution in [2.75, 3.05) is 25.5 Å². The minimum atomic E-state index is -0.752. The Hall–Kier alpha value is -4.62. The fourth-order valence-electron chi connectivity index (χ4n) is 4.38. The van der Waals surface area contributed by atoms with E-state index in [2.05, 4.69) is 16.0 Å². The van der Waals surface area contributed by atoms with E-state index < -0.39 is 6.04 Å². The van der Waals surface area contributed by atoms with Crippen molar-refractivity contribution in [1.29, 1.82) is 0 Å². The molecule has 0 spiro atoms. The average molecular weight is 538 g/mol. The molecule has 0 aliphatic rings. The first kappa shape index (κ1) is 28.4. The zero-order valence-corrected chi connectivity index (χ0v) is 22.8. The van der Waals surface area contributed by atoms with Crippen molar-refractivity contribution < 1.29 is 19.4 Å². The number of nitrogens with one attached hydrogen (secondary N) is 3. The van der Waals surface area contributed by atoms with Crippen molar-refractivity contribution in [3.05, 3.63) is 119 Å². The Morgan fingerprint density at radius 2 is 1.57 bits per heavy atom. The number of carbonyl (C=O) groups is 2. The molecule has 0 aliphatic carbocycles. The van der Waals surface area contributed by atoms with Gasteiger partial charge in [-0.25, -0.2) is 0 Å². The molecule has 0 aliphatic heterocycles. The first-order valence-corrected chi connectivity index (χ1v) is 13.3. The molecule has 0 radical (unpaired) electrons. The second-order valence-corrected chi connectivity index (χ2v) is 9.60. The second-order valence-electron chi connectivity index (χ2n) is 9.60. The summed E-state index contributed by atoms with van der Waals surface area (Å²) < 4.78 is 5.18. The summed E-state index contributed by atoms with van der Waals surface area (Å²) in [4.78, 5) is 26.3. The van der Waals surface area contributed by atoms with Crippen LogP contribution in [-0.4, -0.2) is 43.2 Å². The normalized spacial score (nSPS) is 11.4. The van der Waals surface area contributed by atoms with Crippen LogP contribution in [0.3, 0.4) is 0 Å². The molecule has 7 heteroatoms. The van der Waals surface area contributed by atoms with Crippen molar-refractivity contribution in [2.24, 2.45) is 0 Å². The molecule has 4 N–H and O–H groups in total. The van der Waals surface area contributed by atoms with Gasteiger partial charge in [-0.3, -0.25) is 9.59 Å².